The molecule has 2 aromatic rings. The molecule has 88 valence electrons. The molecule has 0 N–H and O–H groups in total. The molecule has 3 heteroatoms. The largest absolute Gasteiger partial charge is 0.125 e. The molecule has 0 spiro atoms. The van der Waals surface area contributed by atoms with Gasteiger partial charge in [0.1, 0.15) is 0 Å². The summed E-state index contributed by atoms with van der Waals surface area (Å²) in [4.78, 5) is 2.50. The second-order valence-electron chi connectivity index (χ2n) is 3.44. The summed E-state index contributed by atoms with van der Waals surface area (Å²) in [6.07, 6.45) is 0. The van der Waals surface area contributed by atoms with E-state index in [-0.39, 0.29) is 0 Å². The maximum Gasteiger partial charge on any atom is 0.0541 e. The Morgan fingerprint density at radius 2 is 1.41 bits per heavy atom. The monoisotopic (exact) mass is 280 g/mol. The first kappa shape index (κ1) is 12.9. The van der Waals surface area contributed by atoms with E-state index >= 15 is 0 Å². The fourth-order valence-electron chi connectivity index (χ4n) is 1.39. The second-order valence-corrected chi connectivity index (χ2v) is 6.15. The predicted molar refractivity (Wildman–Crippen MR) is 79.3 cm³/mol. The molecule has 0 aliphatic carbocycles. The van der Waals surface area contributed by atoms with Crippen molar-refractivity contribution in [2.75, 3.05) is 11.5 Å². The molecular weight excluding hydrogens is 268 g/mol. The van der Waals surface area contributed by atoms with Crippen LogP contribution < -0.4 is 0 Å². The van der Waals surface area contributed by atoms with Crippen molar-refractivity contribution in [3.05, 3.63) is 59.6 Å². The van der Waals surface area contributed by atoms with Crippen LogP contribution >= 0.6 is 35.1 Å². The highest BCUT2D eigenvalue weighted by Crippen LogP contribution is 2.28. The lowest BCUT2D eigenvalue weighted by Gasteiger charge is -2.03. The average Bonchev–Trinajstić information content (AvgIpc) is 2.38. The molecule has 0 nitrogen and oxygen atoms in total. The molecule has 0 radical (unpaired) electrons. The third-order valence-electron chi connectivity index (χ3n) is 2.19. The quantitative estimate of drug-likeness (QED) is 0.544. The van der Waals surface area contributed by atoms with Crippen LogP contribution in [0, 0.1) is 0 Å². The number of rotatable bonds is 5. The molecule has 0 fully saturated rings. The molecule has 2 aromatic carbocycles. The molecule has 2 rings (SSSR count). The minimum absolute atomic E-state index is 0.849. The third kappa shape index (κ3) is 4.30. The van der Waals surface area contributed by atoms with Gasteiger partial charge in [-0.3, -0.25) is 0 Å². The summed E-state index contributed by atoms with van der Waals surface area (Å²) < 4.78 is 0. The summed E-state index contributed by atoms with van der Waals surface area (Å²) in [5, 5.41) is 0.849. The number of benzene rings is 2. The van der Waals surface area contributed by atoms with Gasteiger partial charge in [0, 0.05) is 21.3 Å². The number of hydrogen-bond acceptors (Lipinski definition) is 2. The van der Waals surface area contributed by atoms with Crippen molar-refractivity contribution in [2.24, 2.45) is 0 Å². The molecule has 0 aliphatic rings. The van der Waals surface area contributed by atoms with E-state index in [1.54, 1.807) is 0 Å². The fourth-order valence-corrected chi connectivity index (χ4v) is 3.54. The van der Waals surface area contributed by atoms with Crippen LogP contribution in [-0.2, 0) is 0 Å². The van der Waals surface area contributed by atoms with Gasteiger partial charge in [0.2, 0.25) is 0 Å². The van der Waals surface area contributed by atoms with Gasteiger partial charge >= 0.3 is 0 Å². The van der Waals surface area contributed by atoms with Gasteiger partial charge in [-0.1, -0.05) is 41.9 Å². The topological polar surface area (TPSA) is 0 Å². The van der Waals surface area contributed by atoms with Crippen molar-refractivity contribution in [2.45, 2.75) is 9.79 Å². The van der Waals surface area contributed by atoms with E-state index in [9.17, 15) is 0 Å². The van der Waals surface area contributed by atoms with Gasteiger partial charge in [0.05, 0.1) is 5.02 Å². The summed E-state index contributed by atoms with van der Waals surface area (Å²) in [6, 6.07) is 18.5. The molecule has 0 bridgehead atoms. The number of thioether (sulfide) groups is 2. The summed E-state index contributed by atoms with van der Waals surface area (Å²) in [6.45, 7) is 0. The fraction of sp³-hybridized carbons (Fsp3) is 0.143. The average molecular weight is 281 g/mol. The van der Waals surface area contributed by atoms with Crippen molar-refractivity contribution < 1.29 is 0 Å². The van der Waals surface area contributed by atoms with E-state index in [0.717, 1.165) is 16.5 Å². The van der Waals surface area contributed by atoms with Gasteiger partial charge in [-0.25, -0.2) is 0 Å². The van der Waals surface area contributed by atoms with Crippen molar-refractivity contribution in [1.29, 1.82) is 0 Å². The molecule has 17 heavy (non-hydrogen) atoms. The molecule has 0 heterocycles. The van der Waals surface area contributed by atoms with Crippen molar-refractivity contribution in [3.8, 4) is 0 Å². The minimum Gasteiger partial charge on any atom is -0.125 e. The first-order chi connectivity index (χ1) is 8.36. The van der Waals surface area contributed by atoms with E-state index in [0.29, 0.717) is 0 Å². The van der Waals surface area contributed by atoms with Crippen LogP contribution in [0.4, 0.5) is 0 Å². The lowest BCUT2D eigenvalue weighted by molar-refractivity contribution is 1.41. The van der Waals surface area contributed by atoms with Gasteiger partial charge in [0.25, 0.3) is 0 Å². The number of halogens is 1. The summed E-state index contributed by atoms with van der Waals surface area (Å²) in [5.74, 6) is 2.17. The first-order valence-electron chi connectivity index (χ1n) is 5.41. The Balaban J connectivity index is 1.76. The Labute approximate surface area is 116 Å². The Morgan fingerprint density at radius 1 is 0.765 bits per heavy atom. The van der Waals surface area contributed by atoms with Gasteiger partial charge in [-0.15, -0.1) is 23.5 Å². The molecular formula is C14H13ClS2. The van der Waals surface area contributed by atoms with Crippen molar-refractivity contribution >= 4 is 35.1 Å². The SMILES string of the molecule is Clc1ccccc1SCCSc1ccccc1. The van der Waals surface area contributed by atoms with Crippen LogP contribution in [0.15, 0.2) is 64.4 Å². The molecule has 0 unspecified atom stereocenters. The summed E-state index contributed by atoms with van der Waals surface area (Å²) in [5.41, 5.74) is 0. The molecule has 0 saturated carbocycles. The maximum absolute atomic E-state index is 6.09. The molecule has 0 aromatic heterocycles. The Bertz CT molecular complexity index is 457. The Hall–Kier alpha value is -0.570. The third-order valence-corrected chi connectivity index (χ3v) is 4.98. The van der Waals surface area contributed by atoms with Crippen LogP contribution in [0.25, 0.3) is 0 Å². The van der Waals surface area contributed by atoms with Gasteiger partial charge in [-0.05, 0) is 24.3 Å². The summed E-state index contributed by atoms with van der Waals surface area (Å²) >= 11 is 9.79. The highest BCUT2D eigenvalue weighted by atomic mass is 35.5. The zero-order valence-electron chi connectivity index (χ0n) is 9.30. The molecule has 0 aliphatic heterocycles. The Morgan fingerprint density at radius 3 is 2.18 bits per heavy atom. The van der Waals surface area contributed by atoms with Crippen molar-refractivity contribution in [1.82, 2.24) is 0 Å². The van der Waals surface area contributed by atoms with Crippen molar-refractivity contribution in [3.63, 3.8) is 0 Å². The van der Waals surface area contributed by atoms with Gasteiger partial charge < -0.3 is 0 Å². The highest BCUT2D eigenvalue weighted by Gasteiger charge is 1.99. The maximum atomic E-state index is 6.09. The van der Waals surface area contributed by atoms with Crippen LogP contribution in [0.5, 0.6) is 0 Å². The van der Waals surface area contributed by atoms with Crippen LogP contribution in [0.3, 0.4) is 0 Å². The second kappa shape index (κ2) is 7.00. The predicted octanol–water partition coefficient (Wildman–Crippen LogP) is 5.22. The molecule has 0 atom stereocenters. The zero-order chi connectivity index (χ0) is 11.9. The van der Waals surface area contributed by atoms with Gasteiger partial charge in [0.15, 0.2) is 0 Å². The zero-order valence-corrected chi connectivity index (χ0v) is 11.7. The lowest BCUT2D eigenvalue weighted by atomic mass is 10.4. The van der Waals surface area contributed by atoms with Crippen LogP contribution in [0.1, 0.15) is 0 Å². The lowest BCUT2D eigenvalue weighted by Crippen LogP contribution is -1.84. The normalized spacial score (nSPS) is 10.4. The standard InChI is InChI=1S/C14H13ClS2/c15-13-8-4-5-9-14(13)17-11-10-16-12-6-2-1-3-7-12/h1-9H,10-11H2. The minimum atomic E-state index is 0.849. The summed E-state index contributed by atoms with van der Waals surface area (Å²) in [7, 11) is 0. The van der Waals surface area contributed by atoms with E-state index in [1.165, 1.54) is 9.79 Å². The van der Waals surface area contributed by atoms with E-state index in [2.05, 4.69) is 30.3 Å². The smallest absolute Gasteiger partial charge is 0.0541 e. The van der Waals surface area contributed by atoms with Crippen LogP contribution in [0.2, 0.25) is 5.02 Å². The first-order valence-corrected chi connectivity index (χ1v) is 7.76. The molecule has 0 amide bonds. The molecule has 0 saturated heterocycles. The highest BCUT2D eigenvalue weighted by molar-refractivity contribution is 8.03. The Kier molecular flexibility index (Phi) is 5.30. The van der Waals surface area contributed by atoms with E-state index < -0.39 is 0 Å². The van der Waals surface area contributed by atoms with E-state index in [4.69, 9.17) is 11.6 Å². The van der Waals surface area contributed by atoms with Gasteiger partial charge in [-0.2, -0.15) is 0 Å². The number of hydrogen-bond donors (Lipinski definition) is 0. The van der Waals surface area contributed by atoms with E-state index in [1.807, 2.05) is 47.8 Å². The van der Waals surface area contributed by atoms with Crippen LogP contribution in [-0.4, -0.2) is 11.5 Å².